The van der Waals surface area contributed by atoms with Gasteiger partial charge in [-0.3, -0.25) is 4.79 Å². The monoisotopic (exact) mass is 453 g/mol. The Kier molecular flexibility index (Phi) is 6.10. The van der Waals surface area contributed by atoms with Crippen LogP contribution in [0.5, 0.6) is 5.75 Å². The highest BCUT2D eigenvalue weighted by atomic mass is 16.5. The zero-order valence-electron chi connectivity index (χ0n) is 18.7. The zero-order valence-corrected chi connectivity index (χ0v) is 18.7. The number of hydrogen-bond donors (Lipinski definition) is 3. The molecule has 1 amide bonds. The second-order valence-electron chi connectivity index (χ2n) is 8.33. The summed E-state index contributed by atoms with van der Waals surface area (Å²) in [5, 5.41) is 6.72. The van der Waals surface area contributed by atoms with E-state index in [1.165, 1.54) is 0 Å². The molecule has 0 atom stereocenters. The van der Waals surface area contributed by atoms with Crippen molar-refractivity contribution in [3.05, 3.63) is 29.6 Å². The number of benzene rings is 1. The van der Waals surface area contributed by atoms with Crippen molar-refractivity contribution in [1.29, 1.82) is 0 Å². The van der Waals surface area contributed by atoms with Crippen LogP contribution < -0.4 is 21.1 Å². The number of primary amides is 1. The number of hydrogen-bond acceptors (Lipinski definition) is 8. The number of nitrogens with one attached hydrogen (secondary N) is 2. The van der Waals surface area contributed by atoms with Gasteiger partial charge in [0.2, 0.25) is 11.4 Å². The molecule has 1 aromatic carbocycles. The van der Waals surface area contributed by atoms with Crippen LogP contribution >= 0.6 is 0 Å². The number of ether oxygens (including phenoxy) is 3. The number of anilines is 3. The van der Waals surface area contributed by atoms with Gasteiger partial charge in [0.25, 0.3) is 5.91 Å². The Bertz CT molecular complexity index is 1100. The minimum absolute atomic E-state index is 0.117. The lowest BCUT2D eigenvalue weighted by molar-refractivity contribution is -0.461. The van der Waals surface area contributed by atoms with E-state index in [1.807, 2.05) is 25.1 Å². The van der Waals surface area contributed by atoms with Gasteiger partial charge in [0, 0.05) is 37.1 Å². The number of nitrogens with two attached hydrogens (primary N) is 1. The molecule has 0 spiro atoms. The molecular weight excluding hydrogens is 424 g/mol. The van der Waals surface area contributed by atoms with Gasteiger partial charge in [-0.2, -0.15) is 4.58 Å². The van der Waals surface area contributed by atoms with E-state index < -0.39 is 5.91 Å². The van der Waals surface area contributed by atoms with Gasteiger partial charge in [0.05, 0.1) is 5.69 Å². The van der Waals surface area contributed by atoms with Gasteiger partial charge in [0.1, 0.15) is 13.2 Å². The maximum Gasteiger partial charge on any atom is 0.271 e. The fourth-order valence-electron chi connectivity index (χ4n) is 4.35. The smallest absolute Gasteiger partial charge is 0.271 e. The van der Waals surface area contributed by atoms with Crippen LogP contribution in [-0.4, -0.2) is 71.8 Å². The third-order valence-corrected chi connectivity index (χ3v) is 6.12. The topological polar surface area (TPSA) is 124 Å². The molecule has 1 fully saturated rings. The summed E-state index contributed by atoms with van der Waals surface area (Å²) < 4.78 is 19.2. The predicted molar refractivity (Wildman–Crippen MR) is 123 cm³/mol. The quantitative estimate of drug-likeness (QED) is 0.568. The summed E-state index contributed by atoms with van der Waals surface area (Å²) in [6.07, 6.45) is 2.42. The predicted octanol–water partition coefficient (Wildman–Crippen LogP) is 1.98. The van der Waals surface area contributed by atoms with Crippen LogP contribution in [0.1, 0.15) is 35.9 Å². The lowest BCUT2D eigenvalue weighted by Gasteiger charge is -2.25. The highest BCUT2D eigenvalue weighted by Crippen LogP contribution is 2.35. The summed E-state index contributed by atoms with van der Waals surface area (Å²) >= 11 is 0. The van der Waals surface area contributed by atoms with E-state index in [2.05, 4.69) is 20.2 Å². The minimum Gasteiger partial charge on any atom is -0.476 e. The van der Waals surface area contributed by atoms with E-state index in [4.69, 9.17) is 24.9 Å². The first kappa shape index (κ1) is 21.6. The molecule has 1 saturated heterocycles. The molecular formula is C23H29N6O4+. The number of amides is 1. The van der Waals surface area contributed by atoms with E-state index in [0.717, 1.165) is 42.2 Å². The molecule has 0 aliphatic carbocycles. The molecule has 3 aliphatic heterocycles. The number of aryl methyl sites for hydroxylation is 1. The summed E-state index contributed by atoms with van der Waals surface area (Å²) in [5.74, 6) is 1.13. The van der Waals surface area contributed by atoms with Crippen molar-refractivity contribution in [2.45, 2.75) is 32.2 Å². The average Bonchev–Trinajstić information content (AvgIpc) is 2.84. The Morgan fingerprint density at radius 1 is 1.15 bits per heavy atom. The highest BCUT2D eigenvalue weighted by molar-refractivity contribution is 5.96. The molecule has 174 valence electrons. The van der Waals surface area contributed by atoms with Gasteiger partial charge in [0.15, 0.2) is 36.2 Å². The number of fused-ring (bicyclic) bond motifs is 2. The Balaban J connectivity index is 1.45. The molecule has 5 rings (SSSR count). The molecule has 0 saturated carbocycles. The summed E-state index contributed by atoms with van der Waals surface area (Å²) in [5.41, 5.74) is 9.35. The van der Waals surface area contributed by atoms with Crippen molar-refractivity contribution in [2.24, 2.45) is 5.73 Å². The number of aromatic nitrogens is 2. The number of rotatable bonds is 6. The lowest BCUT2D eigenvalue weighted by atomic mass is 10.1. The van der Waals surface area contributed by atoms with Crippen LogP contribution in [0, 0.1) is 0 Å². The van der Waals surface area contributed by atoms with Crippen molar-refractivity contribution in [1.82, 2.24) is 9.97 Å². The van der Waals surface area contributed by atoms with E-state index in [9.17, 15) is 4.79 Å². The fourth-order valence-corrected chi connectivity index (χ4v) is 4.35. The lowest BCUT2D eigenvalue weighted by Crippen LogP contribution is -2.37. The molecule has 4 N–H and O–H groups in total. The van der Waals surface area contributed by atoms with E-state index in [1.54, 1.807) is 0 Å². The molecule has 10 heteroatoms. The second-order valence-corrected chi connectivity index (χ2v) is 8.33. The number of nitrogens with zero attached hydrogens (tertiary/aromatic N) is 3. The Hall–Kier alpha value is -3.24. The van der Waals surface area contributed by atoms with Gasteiger partial charge in [-0.15, -0.1) is 0 Å². The summed E-state index contributed by atoms with van der Waals surface area (Å²) in [6.45, 7) is 5.98. The molecule has 4 heterocycles. The van der Waals surface area contributed by atoms with Gasteiger partial charge >= 0.3 is 0 Å². The molecule has 10 nitrogen and oxygen atoms in total. The van der Waals surface area contributed by atoms with Crippen molar-refractivity contribution in [3.8, 4) is 5.75 Å². The third kappa shape index (κ3) is 4.49. The van der Waals surface area contributed by atoms with Crippen LogP contribution in [0.25, 0.3) is 0 Å². The first-order valence-corrected chi connectivity index (χ1v) is 11.4. The second kappa shape index (κ2) is 9.32. The maximum atomic E-state index is 12.2. The first-order chi connectivity index (χ1) is 16.1. The van der Waals surface area contributed by atoms with Crippen LogP contribution in [-0.2, 0) is 15.9 Å². The third-order valence-electron chi connectivity index (χ3n) is 6.12. The van der Waals surface area contributed by atoms with Crippen LogP contribution in [0.4, 0.5) is 23.0 Å². The van der Waals surface area contributed by atoms with Crippen molar-refractivity contribution in [3.63, 3.8) is 0 Å². The molecule has 1 aromatic heterocycles. The minimum atomic E-state index is -0.626. The Morgan fingerprint density at radius 3 is 2.79 bits per heavy atom. The van der Waals surface area contributed by atoms with Crippen LogP contribution in [0.3, 0.4) is 0 Å². The van der Waals surface area contributed by atoms with Gasteiger partial charge in [-0.25, -0.2) is 9.97 Å². The standard InChI is InChI=1S/C23H28N6O4/c1-2-17-22(25-14-5-8-31-9-6-14)28-23(20(27-17)21(24)30)26-15-3-4-18-19(11-15)33-13-16-12-32-10-7-29(16)18/h3-4,11,14H,2,5-10,12-13H2,1H3,(H3-,24,25,26,28,30)/p+1. The fraction of sp³-hybridized carbons (Fsp3) is 0.478. The normalized spacial score (nSPS) is 18.2. The number of carbonyl (C=O) groups excluding carboxylic acids is 1. The Labute approximate surface area is 192 Å². The molecule has 2 aromatic rings. The largest absolute Gasteiger partial charge is 0.476 e. The van der Waals surface area contributed by atoms with Gasteiger partial charge in [-0.05, 0) is 25.3 Å². The molecule has 0 bridgehead atoms. The summed E-state index contributed by atoms with van der Waals surface area (Å²) in [4.78, 5) is 21.4. The highest BCUT2D eigenvalue weighted by Gasteiger charge is 2.31. The average molecular weight is 454 g/mol. The SMILES string of the molecule is CCc1nc(C(N)=O)c(Nc2ccc3c(c2)OCC2=[N+]3CCOC2)nc1NC1CCOCC1. The van der Waals surface area contributed by atoms with Crippen LogP contribution in [0.15, 0.2) is 18.2 Å². The van der Waals surface area contributed by atoms with Crippen molar-refractivity contribution >= 4 is 34.6 Å². The van der Waals surface area contributed by atoms with E-state index in [-0.39, 0.29) is 11.7 Å². The van der Waals surface area contributed by atoms with E-state index >= 15 is 0 Å². The molecule has 0 radical (unpaired) electrons. The zero-order chi connectivity index (χ0) is 22.8. The van der Waals surface area contributed by atoms with Crippen LogP contribution in [0.2, 0.25) is 0 Å². The molecule has 33 heavy (non-hydrogen) atoms. The summed E-state index contributed by atoms with van der Waals surface area (Å²) in [6, 6.07) is 6.10. The number of carbonyl (C=O) groups is 1. The summed E-state index contributed by atoms with van der Waals surface area (Å²) in [7, 11) is 0. The first-order valence-electron chi connectivity index (χ1n) is 11.4. The van der Waals surface area contributed by atoms with Gasteiger partial charge in [-0.1, -0.05) is 6.92 Å². The van der Waals surface area contributed by atoms with Gasteiger partial charge < -0.3 is 30.6 Å². The molecule has 3 aliphatic rings. The van der Waals surface area contributed by atoms with E-state index in [0.29, 0.717) is 56.8 Å². The maximum absolute atomic E-state index is 12.2. The Morgan fingerprint density at radius 2 is 2.00 bits per heavy atom. The van der Waals surface area contributed by atoms with Crippen molar-refractivity contribution < 1.29 is 23.6 Å². The molecule has 0 unspecified atom stereocenters. The van der Waals surface area contributed by atoms with Crippen molar-refractivity contribution in [2.75, 3.05) is 50.2 Å².